The van der Waals surface area contributed by atoms with Crippen molar-refractivity contribution in [3.8, 4) is 11.5 Å². The van der Waals surface area contributed by atoms with Crippen LogP contribution in [0.1, 0.15) is 40.7 Å². The first kappa shape index (κ1) is 19.7. The molecule has 0 saturated heterocycles. The molecule has 2 aliphatic rings. The fourth-order valence-electron chi connectivity index (χ4n) is 4.22. The van der Waals surface area contributed by atoms with Crippen LogP contribution in [-0.4, -0.2) is 26.3 Å². The third kappa shape index (κ3) is 4.45. The zero-order valence-corrected chi connectivity index (χ0v) is 16.8. The van der Waals surface area contributed by atoms with Crippen molar-refractivity contribution in [2.75, 3.05) is 14.2 Å². The number of hydrogen-bond acceptors (Lipinski definition) is 4. The first-order valence-electron chi connectivity index (χ1n) is 9.84. The smallest absolute Gasteiger partial charge is 0.122 e. The molecule has 4 N–H and O–H groups in total. The van der Waals surface area contributed by atoms with E-state index in [1.807, 2.05) is 12.1 Å². The highest BCUT2D eigenvalue weighted by Gasteiger charge is 2.20. The molecule has 0 spiro atoms. The van der Waals surface area contributed by atoms with Gasteiger partial charge in [0.2, 0.25) is 0 Å². The Balaban J connectivity index is 0.000000156. The number of hydrogen-bond donors (Lipinski definition) is 2. The van der Waals surface area contributed by atoms with Crippen molar-refractivity contribution < 1.29 is 9.47 Å². The van der Waals surface area contributed by atoms with E-state index in [-0.39, 0.29) is 0 Å². The van der Waals surface area contributed by atoms with Gasteiger partial charge < -0.3 is 20.9 Å². The number of aryl methyl sites for hydroxylation is 1. The van der Waals surface area contributed by atoms with Crippen molar-refractivity contribution in [2.24, 2.45) is 11.5 Å². The third-order valence-corrected chi connectivity index (χ3v) is 5.77. The van der Waals surface area contributed by atoms with Crippen molar-refractivity contribution in [3.05, 3.63) is 58.1 Å². The molecule has 0 fully saturated rings. The van der Waals surface area contributed by atoms with E-state index in [0.717, 1.165) is 50.0 Å². The summed E-state index contributed by atoms with van der Waals surface area (Å²) in [6, 6.07) is 11.1. The topological polar surface area (TPSA) is 70.5 Å². The second-order valence-electron chi connectivity index (χ2n) is 7.65. The van der Waals surface area contributed by atoms with Crippen molar-refractivity contribution in [1.82, 2.24) is 0 Å². The van der Waals surface area contributed by atoms with Gasteiger partial charge in [-0.25, -0.2) is 0 Å². The Hall–Kier alpha value is -2.04. The molecular weight excluding hydrogens is 336 g/mol. The van der Waals surface area contributed by atoms with Crippen molar-refractivity contribution in [1.29, 1.82) is 0 Å². The average molecular weight is 369 g/mol. The minimum absolute atomic E-state index is 0.327. The summed E-state index contributed by atoms with van der Waals surface area (Å²) in [6.07, 6.45) is 6.26. The number of ether oxygens (including phenoxy) is 2. The molecule has 0 heterocycles. The van der Waals surface area contributed by atoms with Crippen LogP contribution in [0.25, 0.3) is 0 Å². The van der Waals surface area contributed by atoms with Crippen LogP contribution in [0.3, 0.4) is 0 Å². The number of nitrogens with two attached hydrogens (primary N) is 2. The minimum atomic E-state index is 0.327. The summed E-state index contributed by atoms with van der Waals surface area (Å²) in [5, 5.41) is 0. The zero-order chi connectivity index (χ0) is 19.4. The van der Waals surface area contributed by atoms with Gasteiger partial charge in [-0.2, -0.15) is 0 Å². The third-order valence-electron chi connectivity index (χ3n) is 5.77. The Bertz CT molecular complexity index is 788. The van der Waals surface area contributed by atoms with Gasteiger partial charge in [-0.05, 0) is 85.4 Å². The first-order chi connectivity index (χ1) is 13.0. The molecule has 0 amide bonds. The Morgan fingerprint density at radius 2 is 1.41 bits per heavy atom. The average Bonchev–Trinajstić information content (AvgIpc) is 2.68. The van der Waals surface area contributed by atoms with Crippen LogP contribution in [-0.2, 0) is 25.7 Å². The Labute approximate surface area is 162 Å². The predicted octanol–water partition coefficient (Wildman–Crippen LogP) is 3.33. The highest BCUT2D eigenvalue weighted by Crippen LogP contribution is 2.31. The van der Waals surface area contributed by atoms with E-state index in [1.54, 1.807) is 14.2 Å². The summed E-state index contributed by atoms with van der Waals surface area (Å²) in [5.74, 6) is 2.04. The van der Waals surface area contributed by atoms with Gasteiger partial charge in [0, 0.05) is 12.1 Å². The number of fused-ring (bicyclic) bond motifs is 2. The molecule has 0 aromatic heterocycles. The van der Waals surface area contributed by atoms with Gasteiger partial charge in [0.1, 0.15) is 11.5 Å². The van der Waals surface area contributed by atoms with Crippen LogP contribution < -0.4 is 20.9 Å². The summed E-state index contributed by atoms with van der Waals surface area (Å²) < 4.78 is 10.7. The van der Waals surface area contributed by atoms with Crippen molar-refractivity contribution in [3.63, 3.8) is 0 Å². The van der Waals surface area contributed by atoms with Crippen molar-refractivity contribution >= 4 is 0 Å². The maximum Gasteiger partial charge on any atom is 0.122 e. The normalized spacial score (nSPS) is 20.6. The molecule has 2 unspecified atom stereocenters. The lowest BCUT2D eigenvalue weighted by atomic mass is 9.85. The van der Waals surface area contributed by atoms with Crippen LogP contribution in [0.15, 0.2) is 30.3 Å². The van der Waals surface area contributed by atoms with Gasteiger partial charge in [0.15, 0.2) is 0 Å². The van der Waals surface area contributed by atoms with Crippen molar-refractivity contribution in [2.45, 2.75) is 57.5 Å². The lowest BCUT2D eigenvalue weighted by Crippen LogP contribution is -2.28. The van der Waals surface area contributed by atoms with E-state index >= 15 is 0 Å². The lowest BCUT2D eigenvalue weighted by Gasteiger charge is -2.24. The Kier molecular flexibility index (Phi) is 6.40. The molecule has 0 bridgehead atoms. The van der Waals surface area contributed by atoms with Gasteiger partial charge in [-0.1, -0.05) is 18.2 Å². The molecule has 4 rings (SSSR count). The monoisotopic (exact) mass is 368 g/mol. The highest BCUT2D eigenvalue weighted by molar-refractivity contribution is 5.46. The van der Waals surface area contributed by atoms with Crippen LogP contribution in [0.5, 0.6) is 11.5 Å². The second-order valence-corrected chi connectivity index (χ2v) is 7.65. The second kappa shape index (κ2) is 8.77. The van der Waals surface area contributed by atoms with Crippen LogP contribution in [0.2, 0.25) is 0 Å². The van der Waals surface area contributed by atoms with Crippen LogP contribution >= 0.6 is 0 Å². The fourth-order valence-corrected chi connectivity index (χ4v) is 4.22. The summed E-state index contributed by atoms with van der Waals surface area (Å²) in [4.78, 5) is 0. The molecule has 2 atom stereocenters. The quantitative estimate of drug-likeness (QED) is 0.853. The van der Waals surface area contributed by atoms with Gasteiger partial charge in [-0.15, -0.1) is 0 Å². The molecule has 0 saturated carbocycles. The zero-order valence-electron chi connectivity index (χ0n) is 16.8. The van der Waals surface area contributed by atoms with E-state index < -0.39 is 0 Å². The number of benzene rings is 2. The lowest BCUT2D eigenvalue weighted by molar-refractivity contribution is 0.404. The first-order valence-corrected chi connectivity index (χ1v) is 9.84. The molecule has 4 nitrogen and oxygen atoms in total. The Morgan fingerprint density at radius 1 is 0.778 bits per heavy atom. The summed E-state index contributed by atoms with van der Waals surface area (Å²) in [7, 11) is 3.46. The molecule has 27 heavy (non-hydrogen) atoms. The molecule has 4 heteroatoms. The number of rotatable bonds is 2. The predicted molar refractivity (Wildman–Crippen MR) is 111 cm³/mol. The maximum atomic E-state index is 5.97. The standard InChI is InChI=1S/C12H17NO.C11H15NO/c1-8-3-6-12(14-2)10-5-4-9(13)7-11(8)10;1-13-11-4-2-3-8-7-9(12)5-6-10(8)11/h3,6,9H,4-5,7,13H2,1-2H3;2-4,9H,5-7,12H2,1H3. The van der Waals surface area contributed by atoms with Gasteiger partial charge in [0.05, 0.1) is 14.2 Å². The number of methoxy groups -OCH3 is 2. The minimum Gasteiger partial charge on any atom is -0.496 e. The maximum absolute atomic E-state index is 5.97. The summed E-state index contributed by atoms with van der Waals surface area (Å²) in [6.45, 7) is 2.15. The molecule has 0 radical (unpaired) electrons. The molecule has 0 aliphatic heterocycles. The highest BCUT2D eigenvalue weighted by atomic mass is 16.5. The Morgan fingerprint density at radius 3 is 2.11 bits per heavy atom. The summed E-state index contributed by atoms with van der Waals surface area (Å²) >= 11 is 0. The largest absolute Gasteiger partial charge is 0.496 e. The van der Waals surface area contributed by atoms with Gasteiger partial charge >= 0.3 is 0 Å². The molecule has 2 aromatic rings. The van der Waals surface area contributed by atoms with E-state index in [1.165, 1.54) is 27.8 Å². The fraction of sp³-hybridized carbons (Fsp3) is 0.478. The van der Waals surface area contributed by atoms with E-state index in [9.17, 15) is 0 Å². The van der Waals surface area contributed by atoms with Gasteiger partial charge in [-0.3, -0.25) is 0 Å². The van der Waals surface area contributed by atoms with Crippen LogP contribution in [0, 0.1) is 6.92 Å². The molecular formula is C23H32N2O2. The van der Waals surface area contributed by atoms with Gasteiger partial charge in [0.25, 0.3) is 0 Å². The van der Waals surface area contributed by atoms with E-state index in [2.05, 4.69) is 25.1 Å². The molecule has 2 aliphatic carbocycles. The SMILES string of the molecule is COc1ccc(C)c2c1CCC(N)C2.COc1cccc2c1CCC(N)C2. The van der Waals surface area contributed by atoms with E-state index in [0.29, 0.717) is 12.1 Å². The van der Waals surface area contributed by atoms with Crippen LogP contribution in [0.4, 0.5) is 0 Å². The van der Waals surface area contributed by atoms with E-state index in [4.69, 9.17) is 20.9 Å². The molecule has 2 aromatic carbocycles. The molecule has 146 valence electrons. The summed E-state index contributed by atoms with van der Waals surface area (Å²) in [5.41, 5.74) is 18.7.